The molecule has 0 atom stereocenters. The fourth-order valence-electron chi connectivity index (χ4n) is 1.34. The molecule has 0 radical (unpaired) electrons. The number of rotatable bonds is 3. The molecule has 5 nitrogen and oxygen atoms in total. The van der Waals surface area contributed by atoms with E-state index in [1.54, 1.807) is 24.5 Å². The molecular formula is C11H10IN3O2. The van der Waals surface area contributed by atoms with E-state index in [2.05, 4.69) is 37.9 Å². The number of hydrogen-bond acceptors (Lipinski definition) is 3. The van der Waals surface area contributed by atoms with Crippen LogP contribution >= 0.6 is 22.6 Å². The van der Waals surface area contributed by atoms with E-state index in [9.17, 15) is 9.90 Å². The summed E-state index contributed by atoms with van der Waals surface area (Å²) in [6.45, 7) is 0.302. The van der Waals surface area contributed by atoms with Crippen LogP contribution in [0.4, 0.5) is 0 Å². The Morgan fingerprint density at radius 2 is 2.35 bits per heavy atom. The number of nitrogens with one attached hydrogen (secondary N) is 2. The summed E-state index contributed by atoms with van der Waals surface area (Å²) in [7, 11) is 0. The van der Waals surface area contributed by atoms with E-state index >= 15 is 0 Å². The van der Waals surface area contributed by atoms with Gasteiger partial charge in [0.2, 0.25) is 0 Å². The van der Waals surface area contributed by atoms with Gasteiger partial charge in [-0.3, -0.25) is 4.79 Å². The normalized spacial score (nSPS) is 10.2. The minimum atomic E-state index is -0.322. The van der Waals surface area contributed by atoms with E-state index < -0.39 is 0 Å². The van der Waals surface area contributed by atoms with Crippen LogP contribution in [0.2, 0.25) is 0 Å². The predicted molar refractivity (Wildman–Crippen MR) is 70.6 cm³/mol. The average Bonchev–Trinajstić information content (AvgIpc) is 2.82. The second kappa shape index (κ2) is 5.17. The molecule has 0 saturated heterocycles. The number of benzene rings is 1. The maximum Gasteiger partial charge on any atom is 0.255 e. The number of phenolic OH excluding ortho intramolecular Hbond substituents is 1. The summed E-state index contributed by atoms with van der Waals surface area (Å²) in [5.41, 5.74) is 0.267. The lowest BCUT2D eigenvalue weighted by atomic mass is 10.2. The fraction of sp³-hybridized carbons (Fsp3) is 0.0909. The molecule has 88 valence electrons. The second-order valence-corrected chi connectivity index (χ2v) is 4.63. The van der Waals surface area contributed by atoms with Gasteiger partial charge in [-0.25, -0.2) is 4.98 Å². The van der Waals surface area contributed by atoms with Crippen molar-refractivity contribution in [3.8, 4) is 5.75 Å². The topological polar surface area (TPSA) is 78.0 Å². The van der Waals surface area contributed by atoms with E-state index in [1.165, 1.54) is 6.07 Å². The van der Waals surface area contributed by atoms with E-state index in [1.807, 2.05) is 0 Å². The fourth-order valence-corrected chi connectivity index (χ4v) is 1.84. The summed E-state index contributed by atoms with van der Waals surface area (Å²) in [6, 6.07) is 4.87. The Labute approximate surface area is 111 Å². The van der Waals surface area contributed by atoms with Crippen molar-refractivity contribution in [1.82, 2.24) is 15.3 Å². The summed E-state index contributed by atoms with van der Waals surface area (Å²) in [5.74, 6) is 0.322. The first-order valence-electron chi connectivity index (χ1n) is 4.92. The molecule has 0 unspecified atom stereocenters. The zero-order valence-corrected chi connectivity index (χ0v) is 10.9. The molecule has 6 heteroatoms. The Kier molecular flexibility index (Phi) is 3.62. The van der Waals surface area contributed by atoms with Gasteiger partial charge in [-0.2, -0.15) is 0 Å². The average molecular weight is 343 g/mol. The number of carbonyl (C=O) groups is 1. The number of aromatic amines is 1. The number of amides is 1. The van der Waals surface area contributed by atoms with Crippen molar-refractivity contribution < 1.29 is 9.90 Å². The van der Waals surface area contributed by atoms with E-state index in [0.717, 1.165) is 3.57 Å². The monoisotopic (exact) mass is 343 g/mol. The van der Waals surface area contributed by atoms with E-state index in [0.29, 0.717) is 12.4 Å². The van der Waals surface area contributed by atoms with Crippen LogP contribution in [-0.2, 0) is 6.54 Å². The Balaban J connectivity index is 2.07. The number of phenols is 1. The van der Waals surface area contributed by atoms with Gasteiger partial charge in [0.1, 0.15) is 11.6 Å². The standard InChI is InChI=1S/C11H10IN3O2/c12-7-1-2-9(16)8(5-7)11(17)15-6-10-13-3-4-14-10/h1-5,16H,6H2,(H,13,14)(H,15,17). The third-order valence-corrected chi connectivity index (χ3v) is 2.85. The van der Waals surface area contributed by atoms with Crippen molar-refractivity contribution in [3.63, 3.8) is 0 Å². The summed E-state index contributed by atoms with van der Waals surface area (Å²) >= 11 is 2.08. The van der Waals surface area contributed by atoms with Crippen LogP contribution in [0.1, 0.15) is 16.2 Å². The molecule has 0 fully saturated rings. The molecule has 0 saturated carbocycles. The van der Waals surface area contributed by atoms with Gasteiger partial charge in [0, 0.05) is 16.0 Å². The number of nitrogens with zero attached hydrogens (tertiary/aromatic N) is 1. The number of aromatic hydroxyl groups is 1. The summed E-state index contributed by atoms with van der Waals surface area (Å²) in [5, 5.41) is 12.2. The second-order valence-electron chi connectivity index (χ2n) is 3.38. The van der Waals surface area contributed by atoms with Gasteiger partial charge in [0.15, 0.2) is 0 Å². The van der Waals surface area contributed by atoms with Crippen molar-refractivity contribution in [2.45, 2.75) is 6.54 Å². The lowest BCUT2D eigenvalue weighted by molar-refractivity contribution is 0.0947. The molecule has 2 rings (SSSR count). The molecule has 0 aliphatic rings. The van der Waals surface area contributed by atoms with Crippen molar-refractivity contribution in [2.24, 2.45) is 0 Å². The molecule has 0 aliphatic heterocycles. The molecule has 0 bridgehead atoms. The highest BCUT2D eigenvalue weighted by Gasteiger charge is 2.11. The van der Waals surface area contributed by atoms with Gasteiger partial charge >= 0.3 is 0 Å². The Hall–Kier alpha value is -1.57. The van der Waals surface area contributed by atoms with E-state index in [-0.39, 0.29) is 17.2 Å². The molecule has 1 heterocycles. The van der Waals surface area contributed by atoms with Crippen LogP contribution < -0.4 is 5.32 Å². The lowest BCUT2D eigenvalue weighted by Gasteiger charge is -2.05. The van der Waals surface area contributed by atoms with Gasteiger partial charge in [-0.15, -0.1) is 0 Å². The number of halogens is 1. The third kappa shape index (κ3) is 2.96. The third-order valence-electron chi connectivity index (χ3n) is 2.17. The number of carbonyl (C=O) groups excluding carboxylic acids is 1. The zero-order valence-electron chi connectivity index (χ0n) is 8.77. The number of H-pyrrole nitrogens is 1. The van der Waals surface area contributed by atoms with Crippen LogP contribution in [0.15, 0.2) is 30.6 Å². The zero-order chi connectivity index (χ0) is 12.3. The van der Waals surface area contributed by atoms with Gasteiger partial charge in [-0.05, 0) is 40.8 Å². The highest BCUT2D eigenvalue weighted by Crippen LogP contribution is 2.19. The highest BCUT2D eigenvalue weighted by molar-refractivity contribution is 14.1. The quantitative estimate of drug-likeness (QED) is 0.742. The molecule has 17 heavy (non-hydrogen) atoms. The van der Waals surface area contributed by atoms with Gasteiger partial charge in [0.05, 0.1) is 12.1 Å². The van der Waals surface area contributed by atoms with Crippen molar-refractivity contribution in [3.05, 3.63) is 45.6 Å². The maximum atomic E-state index is 11.8. The van der Waals surface area contributed by atoms with Gasteiger partial charge in [0.25, 0.3) is 5.91 Å². The van der Waals surface area contributed by atoms with Crippen LogP contribution in [0.3, 0.4) is 0 Å². The molecule has 0 spiro atoms. The number of aromatic nitrogens is 2. The Morgan fingerprint density at radius 1 is 1.53 bits per heavy atom. The molecule has 1 amide bonds. The van der Waals surface area contributed by atoms with Crippen LogP contribution in [0.25, 0.3) is 0 Å². The number of hydrogen-bond donors (Lipinski definition) is 3. The number of imidazole rings is 1. The maximum absolute atomic E-state index is 11.8. The summed E-state index contributed by atoms with van der Waals surface area (Å²) in [6.07, 6.45) is 3.30. The molecule has 1 aromatic heterocycles. The highest BCUT2D eigenvalue weighted by atomic mass is 127. The summed E-state index contributed by atoms with van der Waals surface area (Å²) in [4.78, 5) is 18.7. The van der Waals surface area contributed by atoms with E-state index in [4.69, 9.17) is 0 Å². The van der Waals surface area contributed by atoms with Crippen molar-refractivity contribution in [2.75, 3.05) is 0 Å². The lowest BCUT2D eigenvalue weighted by Crippen LogP contribution is -2.23. The van der Waals surface area contributed by atoms with Crippen molar-refractivity contribution in [1.29, 1.82) is 0 Å². The van der Waals surface area contributed by atoms with Crippen molar-refractivity contribution >= 4 is 28.5 Å². The minimum absolute atomic E-state index is 0.0256. The summed E-state index contributed by atoms with van der Waals surface area (Å²) < 4.78 is 0.892. The van der Waals surface area contributed by atoms with Crippen LogP contribution in [0.5, 0.6) is 5.75 Å². The smallest absolute Gasteiger partial charge is 0.255 e. The first kappa shape index (κ1) is 11.9. The van der Waals surface area contributed by atoms with Crippen LogP contribution in [-0.4, -0.2) is 21.0 Å². The molecule has 2 aromatic rings. The van der Waals surface area contributed by atoms with Crippen LogP contribution in [0, 0.1) is 3.57 Å². The molecule has 3 N–H and O–H groups in total. The first-order valence-corrected chi connectivity index (χ1v) is 5.99. The Morgan fingerprint density at radius 3 is 3.06 bits per heavy atom. The SMILES string of the molecule is O=C(NCc1ncc[nH]1)c1cc(I)ccc1O. The molecule has 0 aliphatic carbocycles. The van der Waals surface area contributed by atoms with Gasteiger partial charge in [-0.1, -0.05) is 0 Å². The largest absolute Gasteiger partial charge is 0.507 e. The van der Waals surface area contributed by atoms with Gasteiger partial charge < -0.3 is 15.4 Å². The predicted octanol–water partition coefficient (Wildman–Crippen LogP) is 1.65. The minimum Gasteiger partial charge on any atom is -0.507 e. The molecular weight excluding hydrogens is 333 g/mol. The first-order chi connectivity index (χ1) is 8.16. The molecule has 1 aromatic carbocycles. The Bertz CT molecular complexity index is 526.